The Morgan fingerprint density at radius 3 is 2.42 bits per heavy atom. The number of ether oxygens (including phenoxy) is 1. The van der Waals surface area contributed by atoms with Crippen molar-refractivity contribution in [3.63, 3.8) is 0 Å². The molecule has 2 heteroatoms. The molecule has 0 saturated carbocycles. The maximum absolute atomic E-state index is 8.71. The zero-order valence-electron chi connectivity index (χ0n) is 8.14. The van der Waals surface area contributed by atoms with Gasteiger partial charge in [-0.05, 0) is 31.8 Å². The molecule has 0 aromatic carbocycles. The highest BCUT2D eigenvalue weighted by molar-refractivity contribution is 5.20. The van der Waals surface area contributed by atoms with E-state index in [1.165, 1.54) is 0 Å². The molecule has 2 nitrogen and oxygen atoms in total. The highest BCUT2D eigenvalue weighted by Gasteiger charge is 2.34. The Hall–Kier alpha value is -0.970. The zero-order chi connectivity index (χ0) is 9.41. The van der Waals surface area contributed by atoms with Gasteiger partial charge in [0.1, 0.15) is 11.7 Å². The van der Waals surface area contributed by atoms with E-state index < -0.39 is 0 Å². The van der Waals surface area contributed by atoms with Crippen molar-refractivity contribution >= 4 is 0 Å². The topological polar surface area (TPSA) is 33.0 Å². The summed E-state index contributed by atoms with van der Waals surface area (Å²) in [5, 5.41) is 8.71. The van der Waals surface area contributed by atoms with Gasteiger partial charge in [-0.25, -0.2) is 0 Å². The van der Waals surface area contributed by atoms with Crippen molar-refractivity contribution in [2.45, 2.75) is 39.7 Å². The van der Waals surface area contributed by atoms with E-state index in [0.29, 0.717) is 5.76 Å². The van der Waals surface area contributed by atoms with Gasteiger partial charge in [0.05, 0.1) is 0 Å². The Morgan fingerprint density at radius 1 is 1.42 bits per heavy atom. The fourth-order valence-corrected chi connectivity index (χ4v) is 1.92. The summed E-state index contributed by atoms with van der Waals surface area (Å²) in [6, 6.07) is 2.05. The Kier molecular flexibility index (Phi) is 1.91. The van der Waals surface area contributed by atoms with Crippen molar-refractivity contribution in [3.8, 4) is 6.07 Å². The van der Waals surface area contributed by atoms with Crippen LogP contribution in [0.25, 0.3) is 0 Å². The maximum Gasteiger partial charge on any atom is 0.194 e. The normalized spacial score (nSPS) is 25.1. The van der Waals surface area contributed by atoms with Crippen LogP contribution in [0.3, 0.4) is 0 Å². The van der Waals surface area contributed by atoms with Gasteiger partial charge in [0, 0.05) is 0 Å². The van der Waals surface area contributed by atoms with E-state index in [0.717, 1.165) is 6.42 Å². The molecule has 66 valence electrons. The summed E-state index contributed by atoms with van der Waals surface area (Å²) < 4.78 is 5.46. The molecule has 0 fully saturated rings. The van der Waals surface area contributed by atoms with Crippen molar-refractivity contribution in [3.05, 3.63) is 11.8 Å². The number of rotatable bonds is 0. The van der Waals surface area contributed by atoms with Crippen molar-refractivity contribution in [2.24, 2.45) is 5.41 Å². The van der Waals surface area contributed by atoms with Gasteiger partial charge < -0.3 is 4.74 Å². The Bertz CT molecular complexity index is 256. The molecule has 0 atom stereocenters. The van der Waals surface area contributed by atoms with Gasteiger partial charge in [-0.1, -0.05) is 13.8 Å². The molecule has 0 N–H and O–H groups in total. The van der Waals surface area contributed by atoms with Crippen LogP contribution in [-0.4, -0.2) is 5.60 Å². The minimum Gasteiger partial charge on any atom is -0.478 e. The van der Waals surface area contributed by atoms with E-state index in [9.17, 15) is 0 Å². The molecule has 0 unspecified atom stereocenters. The average Bonchev–Trinajstić information content (AvgIpc) is 1.80. The number of allylic oxidation sites excluding steroid dienone is 2. The van der Waals surface area contributed by atoms with Gasteiger partial charge in [0.25, 0.3) is 0 Å². The fourth-order valence-electron chi connectivity index (χ4n) is 1.92. The van der Waals surface area contributed by atoms with E-state index >= 15 is 0 Å². The minimum absolute atomic E-state index is 0.0762. The van der Waals surface area contributed by atoms with Crippen LogP contribution in [0.4, 0.5) is 0 Å². The molecule has 1 aliphatic heterocycles. The van der Waals surface area contributed by atoms with Crippen LogP contribution in [0.1, 0.15) is 34.1 Å². The van der Waals surface area contributed by atoms with E-state index in [-0.39, 0.29) is 11.0 Å². The van der Waals surface area contributed by atoms with Crippen LogP contribution in [0, 0.1) is 16.7 Å². The van der Waals surface area contributed by atoms with Crippen molar-refractivity contribution < 1.29 is 4.74 Å². The third-order valence-corrected chi connectivity index (χ3v) is 1.90. The van der Waals surface area contributed by atoms with Gasteiger partial charge in [-0.15, -0.1) is 0 Å². The third-order valence-electron chi connectivity index (χ3n) is 1.90. The molecule has 1 heterocycles. The molecule has 0 amide bonds. The first-order chi connectivity index (χ1) is 5.35. The smallest absolute Gasteiger partial charge is 0.194 e. The van der Waals surface area contributed by atoms with E-state index in [4.69, 9.17) is 10.00 Å². The molecule has 0 aromatic heterocycles. The molecule has 1 aliphatic rings. The van der Waals surface area contributed by atoms with E-state index in [1.807, 2.05) is 19.9 Å². The van der Waals surface area contributed by atoms with Gasteiger partial charge in [0.2, 0.25) is 0 Å². The van der Waals surface area contributed by atoms with Crippen LogP contribution in [0.2, 0.25) is 0 Å². The Balaban J connectivity index is 2.96. The fraction of sp³-hybridized carbons (Fsp3) is 0.700. The molecular weight excluding hydrogens is 150 g/mol. The molecule has 1 rings (SSSR count). The highest BCUT2D eigenvalue weighted by atomic mass is 16.5. The second-order valence-electron chi connectivity index (χ2n) is 4.65. The summed E-state index contributed by atoms with van der Waals surface area (Å²) in [6.45, 7) is 8.27. The molecule has 0 spiro atoms. The largest absolute Gasteiger partial charge is 0.478 e. The van der Waals surface area contributed by atoms with Crippen LogP contribution < -0.4 is 0 Å². The molecule has 12 heavy (non-hydrogen) atoms. The molecule has 0 radical (unpaired) electrons. The number of hydrogen-bond donors (Lipinski definition) is 0. The summed E-state index contributed by atoms with van der Waals surface area (Å²) in [5.74, 6) is 0.455. The first-order valence-corrected chi connectivity index (χ1v) is 4.17. The summed E-state index contributed by atoms with van der Waals surface area (Å²) in [4.78, 5) is 0. The molecular formula is C10H15NO. The molecule has 0 aliphatic carbocycles. The number of hydrogen-bond acceptors (Lipinski definition) is 2. The quantitative estimate of drug-likeness (QED) is 0.552. The summed E-state index contributed by atoms with van der Waals surface area (Å²) >= 11 is 0. The van der Waals surface area contributed by atoms with Gasteiger partial charge in [-0.2, -0.15) is 5.26 Å². The van der Waals surface area contributed by atoms with Crippen molar-refractivity contribution in [2.75, 3.05) is 0 Å². The van der Waals surface area contributed by atoms with Crippen LogP contribution in [-0.2, 0) is 4.74 Å². The molecule has 0 bridgehead atoms. The second-order valence-corrected chi connectivity index (χ2v) is 4.65. The lowest BCUT2D eigenvalue weighted by molar-refractivity contribution is -0.00601. The standard InChI is InChI=1S/C10H15NO/c1-9(2)5-8(6-11)12-10(3,4)7-9/h5H,7H2,1-4H3. The summed E-state index contributed by atoms with van der Waals surface area (Å²) in [6.07, 6.45) is 2.85. The third kappa shape index (κ3) is 2.01. The lowest BCUT2D eigenvalue weighted by Crippen LogP contribution is -2.34. The highest BCUT2D eigenvalue weighted by Crippen LogP contribution is 2.38. The van der Waals surface area contributed by atoms with Crippen molar-refractivity contribution in [1.82, 2.24) is 0 Å². The lowest BCUT2D eigenvalue weighted by atomic mass is 9.79. The summed E-state index contributed by atoms with van der Waals surface area (Å²) in [7, 11) is 0. The van der Waals surface area contributed by atoms with Crippen LogP contribution >= 0.6 is 0 Å². The zero-order valence-corrected chi connectivity index (χ0v) is 8.14. The first-order valence-electron chi connectivity index (χ1n) is 4.17. The predicted molar refractivity (Wildman–Crippen MR) is 47.3 cm³/mol. The molecule has 0 aromatic rings. The maximum atomic E-state index is 8.71. The second kappa shape index (κ2) is 2.52. The predicted octanol–water partition coefficient (Wildman–Crippen LogP) is 2.62. The number of nitriles is 1. The SMILES string of the molecule is CC1(C)C=C(C#N)OC(C)(C)C1. The lowest BCUT2D eigenvalue weighted by Gasteiger charge is -2.37. The summed E-state index contributed by atoms with van der Waals surface area (Å²) in [5.41, 5.74) is -0.129. The Morgan fingerprint density at radius 2 is 2.00 bits per heavy atom. The Labute approximate surface area is 73.8 Å². The monoisotopic (exact) mass is 165 g/mol. The first kappa shape index (κ1) is 9.12. The van der Waals surface area contributed by atoms with Gasteiger partial charge >= 0.3 is 0 Å². The van der Waals surface area contributed by atoms with Crippen LogP contribution in [0.5, 0.6) is 0 Å². The average molecular weight is 165 g/mol. The number of nitrogens with zero attached hydrogens (tertiary/aromatic N) is 1. The van der Waals surface area contributed by atoms with Crippen LogP contribution in [0.15, 0.2) is 11.8 Å². The van der Waals surface area contributed by atoms with E-state index in [1.54, 1.807) is 0 Å². The minimum atomic E-state index is -0.205. The molecule has 0 saturated heterocycles. The van der Waals surface area contributed by atoms with Crippen molar-refractivity contribution in [1.29, 1.82) is 5.26 Å². The van der Waals surface area contributed by atoms with E-state index in [2.05, 4.69) is 19.9 Å². The van der Waals surface area contributed by atoms with Gasteiger partial charge in [-0.3, -0.25) is 0 Å². The van der Waals surface area contributed by atoms with Gasteiger partial charge in [0.15, 0.2) is 5.76 Å².